The van der Waals surface area contributed by atoms with E-state index in [1.165, 1.54) is 42.7 Å². The Hall–Kier alpha value is -0.960. The molecule has 102 valence electrons. The largest absolute Gasteiger partial charge is 0.335 e. The van der Waals surface area contributed by atoms with Crippen LogP contribution in [0.3, 0.4) is 0 Å². The number of thioether (sulfide) groups is 1. The van der Waals surface area contributed by atoms with E-state index in [4.69, 9.17) is 4.99 Å². The molecule has 1 aliphatic carbocycles. The molecule has 1 aliphatic heterocycles. The summed E-state index contributed by atoms with van der Waals surface area (Å²) < 4.78 is 0. The molecule has 19 heavy (non-hydrogen) atoms. The molecule has 3 rings (SSSR count). The Morgan fingerprint density at radius 3 is 2.79 bits per heavy atom. The predicted octanol–water partition coefficient (Wildman–Crippen LogP) is 4.64. The van der Waals surface area contributed by atoms with Crippen LogP contribution in [0.15, 0.2) is 29.3 Å². The predicted molar refractivity (Wildman–Crippen MR) is 85.2 cm³/mol. The zero-order valence-corrected chi connectivity index (χ0v) is 12.6. The second kappa shape index (κ2) is 5.20. The van der Waals surface area contributed by atoms with Crippen LogP contribution in [0.5, 0.6) is 0 Å². The molecule has 2 nitrogen and oxygen atoms in total. The van der Waals surface area contributed by atoms with Crippen LogP contribution in [-0.4, -0.2) is 16.5 Å². The number of benzene rings is 1. The van der Waals surface area contributed by atoms with Crippen LogP contribution in [-0.2, 0) is 0 Å². The summed E-state index contributed by atoms with van der Waals surface area (Å²) in [6, 6.07) is 8.70. The van der Waals surface area contributed by atoms with Crippen molar-refractivity contribution in [3.8, 4) is 0 Å². The fourth-order valence-electron chi connectivity index (χ4n) is 2.93. The lowest BCUT2D eigenvalue weighted by molar-refractivity contribution is 0.508. The quantitative estimate of drug-likeness (QED) is 0.849. The Morgan fingerprint density at radius 2 is 2.05 bits per heavy atom. The zero-order valence-electron chi connectivity index (χ0n) is 11.8. The second-order valence-corrected chi connectivity index (χ2v) is 7.01. The summed E-state index contributed by atoms with van der Waals surface area (Å²) in [5.41, 5.74) is 2.82. The molecule has 0 aromatic heterocycles. The van der Waals surface area contributed by atoms with Gasteiger partial charge < -0.3 is 5.32 Å². The summed E-state index contributed by atoms with van der Waals surface area (Å²) in [7, 11) is 0. The smallest absolute Gasteiger partial charge is 0.161 e. The monoisotopic (exact) mass is 274 g/mol. The van der Waals surface area contributed by atoms with Crippen molar-refractivity contribution in [2.75, 3.05) is 11.1 Å². The van der Waals surface area contributed by atoms with E-state index < -0.39 is 0 Å². The van der Waals surface area contributed by atoms with E-state index in [1.807, 2.05) is 11.8 Å². The maximum atomic E-state index is 4.96. The van der Waals surface area contributed by atoms with E-state index >= 15 is 0 Å². The van der Waals surface area contributed by atoms with E-state index in [-0.39, 0.29) is 5.54 Å². The minimum Gasteiger partial charge on any atom is -0.335 e. The SMILES string of the molecule is CC(C)c1cccc(NC2=NC3(CCCC3)CS2)c1. The van der Waals surface area contributed by atoms with Gasteiger partial charge in [-0.05, 0) is 36.5 Å². The van der Waals surface area contributed by atoms with Gasteiger partial charge >= 0.3 is 0 Å². The molecule has 1 aromatic rings. The minimum atomic E-state index is 0.267. The molecule has 1 aromatic carbocycles. The number of amidine groups is 1. The van der Waals surface area contributed by atoms with Gasteiger partial charge in [0.05, 0.1) is 5.54 Å². The van der Waals surface area contributed by atoms with Gasteiger partial charge in [0.1, 0.15) is 0 Å². The Bertz CT molecular complexity index is 487. The zero-order chi connectivity index (χ0) is 13.3. The highest BCUT2D eigenvalue weighted by molar-refractivity contribution is 8.14. The fourth-order valence-corrected chi connectivity index (χ4v) is 4.14. The summed E-state index contributed by atoms with van der Waals surface area (Å²) >= 11 is 1.89. The number of rotatable bonds is 2. The lowest BCUT2D eigenvalue weighted by Crippen LogP contribution is -2.21. The second-order valence-electron chi connectivity index (χ2n) is 6.04. The lowest BCUT2D eigenvalue weighted by Gasteiger charge is -2.16. The average molecular weight is 274 g/mol. The molecule has 1 heterocycles. The van der Waals surface area contributed by atoms with Crippen LogP contribution < -0.4 is 5.32 Å². The van der Waals surface area contributed by atoms with Crippen LogP contribution >= 0.6 is 11.8 Å². The Labute approximate surface area is 120 Å². The first-order valence-corrected chi connectivity index (χ1v) is 8.25. The van der Waals surface area contributed by atoms with Gasteiger partial charge in [0, 0.05) is 11.4 Å². The molecule has 3 heteroatoms. The number of hydrogen-bond donors (Lipinski definition) is 1. The van der Waals surface area contributed by atoms with Gasteiger partial charge in [-0.3, -0.25) is 4.99 Å². The van der Waals surface area contributed by atoms with Crippen LogP contribution in [0.4, 0.5) is 5.69 Å². The molecular formula is C16H22N2S. The van der Waals surface area contributed by atoms with Crippen molar-refractivity contribution in [3.63, 3.8) is 0 Å². The van der Waals surface area contributed by atoms with E-state index in [0.717, 1.165) is 5.17 Å². The van der Waals surface area contributed by atoms with Gasteiger partial charge in [-0.1, -0.05) is 50.6 Å². The van der Waals surface area contributed by atoms with Crippen LogP contribution in [0.2, 0.25) is 0 Å². The standard InChI is InChI=1S/C16H22N2S/c1-12(2)13-6-5-7-14(10-13)17-15-18-16(11-19-15)8-3-4-9-16/h5-7,10,12H,3-4,8-9,11H2,1-2H3,(H,17,18). The summed E-state index contributed by atoms with van der Waals surface area (Å²) in [6.45, 7) is 4.46. The van der Waals surface area contributed by atoms with Crippen molar-refractivity contribution in [2.45, 2.75) is 51.0 Å². The molecule has 1 fully saturated rings. The van der Waals surface area contributed by atoms with Crippen molar-refractivity contribution in [1.82, 2.24) is 0 Å². The van der Waals surface area contributed by atoms with Gasteiger partial charge in [-0.2, -0.15) is 0 Å². The van der Waals surface area contributed by atoms with Crippen molar-refractivity contribution in [3.05, 3.63) is 29.8 Å². The number of anilines is 1. The highest BCUT2D eigenvalue weighted by atomic mass is 32.2. The molecule has 0 unspecified atom stereocenters. The Morgan fingerprint density at radius 1 is 1.26 bits per heavy atom. The molecule has 0 bridgehead atoms. The first-order valence-electron chi connectivity index (χ1n) is 7.27. The van der Waals surface area contributed by atoms with E-state index in [0.29, 0.717) is 5.92 Å². The summed E-state index contributed by atoms with van der Waals surface area (Å²) in [5, 5.41) is 4.61. The Kier molecular flexibility index (Phi) is 3.57. The van der Waals surface area contributed by atoms with Gasteiger partial charge in [0.15, 0.2) is 5.17 Å². The highest BCUT2D eigenvalue weighted by Crippen LogP contribution is 2.41. The van der Waals surface area contributed by atoms with E-state index in [2.05, 4.69) is 43.4 Å². The molecule has 1 N–H and O–H groups in total. The normalized spacial score (nSPS) is 21.1. The molecule has 0 radical (unpaired) electrons. The molecule has 1 saturated carbocycles. The minimum absolute atomic E-state index is 0.267. The summed E-state index contributed by atoms with van der Waals surface area (Å²) in [6.07, 6.45) is 5.24. The average Bonchev–Trinajstić information content (AvgIpc) is 3.01. The molecule has 0 amide bonds. The van der Waals surface area contributed by atoms with Gasteiger partial charge in [0.25, 0.3) is 0 Å². The van der Waals surface area contributed by atoms with Crippen LogP contribution in [0.25, 0.3) is 0 Å². The maximum Gasteiger partial charge on any atom is 0.161 e. The van der Waals surface area contributed by atoms with Crippen molar-refractivity contribution in [2.24, 2.45) is 4.99 Å². The third kappa shape index (κ3) is 2.81. The number of hydrogen-bond acceptors (Lipinski definition) is 3. The topological polar surface area (TPSA) is 24.4 Å². The fraction of sp³-hybridized carbons (Fsp3) is 0.562. The van der Waals surface area contributed by atoms with Crippen LogP contribution in [0.1, 0.15) is 51.0 Å². The summed E-state index contributed by atoms with van der Waals surface area (Å²) in [4.78, 5) is 4.96. The maximum absolute atomic E-state index is 4.96. The first kappa shape index (κ1) is 13.0. The van der Waals surface area contributed by atoms with Crippen molar-refractivity contribution < 1.29 is 0 Å². The lowest BCUT2D eigenvalue weighted by atomic mass is 10.0. The van der Waals surface area contributed by atoms with Crippen molar-refractivity contribution >= 4 is 22.6 Å². The highest BCUT2D eigenvalue weighted by Gasteiger charge is 2.38. The molecule has 0 saturated heterocycles. The number of nitrogens with zero attached hydrogens (tertiary/aromatic N) is 1. The third-order valence-corrected chi connectivity index (χ3v) is 5.30. The van der Waals surface area contributed by atoms with E-state index in [9.17, 15) is 0 Å². The Balaban J connectivity index is 1.73. The molecule has 1 spiro atoms. The molecular weight excluding hydrogens is 252 g/mol. The first-order chi connectivity index (χ1) is 9.17. The van der Waals surface area contributed by atoms with Gasteiger partial charge in [-0.25, -0.2) is 0 Å². The number of aliphatic imine (C=N–C) groups is 1. The molecule has 2 aliphatic rings. The third-order valence-electron chi connectivity index (χ3n) is 4.16. The van der Waals surface area contributed by atoms with Crippen molar-refractivity contribution in [1.29, 1.82) is 0 Å². The van der Waals surface area contributed by atoms with Gasteiger partial charge in [-0.15, -0.1) is 0 Å². The summed E-state index contributed by atoms with van der Waals surface area (Å²) in [5.74, 6) is 1.74. The van der Waals surface area contributed by atoms with E-state index in [1.54, 1.807) is 0 Å². The number of nitrogens with one attached hydrogen (secondary N) is 1. The van der Waals surface area contributed by atoms with Gasteiger partial charge in [0.2, 0.25) is 0 Å². The molecule has 0 atom stereocenters. The van der Waals surface area contributed by atoms with Crippen LogP contribution in [0, 0.1) is 0 Å².